The van der Waals surface area contributed by atoms with Crippen molar-refractivity contribution in [1.29, 1.82) is 0 Å². The molecule has 0 fully saturated rings. The van der Waals surface area contributed by atoms with Crippen LogP contribution in [-0.2, 0) is 6.54 Å². The molecule has 0 saturated heterocycles. The van der Waals surface area contributed by atoms with Crippen LogP contribution in [-0.4, -0.2) is 50.1 Å². The maximum absolute atomic E-state index is 11.9. The number of phenols is 2. The number of aromatic hydroxyl groups is 2. The van der Waals surface area contributed by atoms with Crippen LogP contribution in [0.25, 0.3) is 45.1 Å². The van der Waals surface area contributed by atoms with Crippen LogP contribution in [0.3, 0.4) is 0 Å². The lowest BCUT2D eigenvalue weighted by Crippen LogP contribution is -2.12. The molecule has 5 aromatic rings. The summed E-state index contributed by atoms with van der Waals surface area (Å²) in [5.41, 5.74) is 5.15. The highest BCUT2D eigenvalue weighted by atomic mass is 16.5. The van der Waals surface area contributed by atoms with Gasteiger partial charge in [-0.15, -0.1) is 0 Å². The molecule has 9 heteroatoms. The summed E-state index contributed by atoms with van der Waals surface area (Å²) in [5, 5.41) is 24.7. The summed E-state index contributed by atoms with van der Waals surface area (Å²) in [6.45, 7) is 21.3. The first-order chi connectivity index (χ1) is 29.0. The normalized spacial score (nSPS) is 13.1. The van der Waals surface area contributed by atoms with E-state index < -0.39 is 0 Å². The van der Waals surface area contributed by atoms with E-state index in [1.807, 2.05) is 44.2 Å². The van der Waals surface area contributed by atoms with E-state index in [9.17, 15) is 10.2 Å². The number of hydrogen-bond acceptors (Lipinski definition) is 8. The van der Waals surface area contributed by atoms with Crippen molar-refractivity contribution >= 4 is 10.9 Å². The second-order valence-corrected chi connectivity index (χ2v) is 16.8. The van der Waals surface area contributed by atoms with Crippen molar-refractivity contribution < 1.29 is 24.4 Å². The molecule has 0 aliphatic carbocycles. The monoisotopic (exact) mass is 821 g/mol. The van der Waals surface area contributed by atoms with Crippen LogP contribution in [0.15, 0.2) is 42.5 Å². The SMILES string of the molecule is CCCCC(CC)COc1ccc(-c2nc(-c3ccc(OCC(CC)CCCC)c(C)c3O)nc(-c3c(C)n(CC(CC)CCCC)c4ccc(OC)cc34)n2)c(O)c1C. The minimum absolute atomic E-state index is 0.0532. The van der Waals surface area contributed by atoms with Gasteiger partial charge >= 0.3 is 0 Å². The van der Waals surface area contributed by atoms with Crippen molar-refractivity contribution in [3.63, 3.8) is 0 Å². The molecule has 0 saturated carbocycles. The second kappa shape index (κ2) is 22.2. The fraction of sp³-hybridized carbons (Fsp3) is 0.549. The lowest BCUT2D eigenvalue weighted by atomic mass is 9.99. The average Bonchev–Trinajstić information content (AvgIpc) is 3.54. The standard InChI is InChI=1S/C51H72N4O5/c1-11-17-20-36(14-4)30-55-35(9)46(42-29-39(58-10)23-26-43(42)55)51-53-49(40-24-27-44(33(7)47(40)56)59-31-37(15-5)21-18-12-2)52-50(54-51)41-25-28-45(34(8)48(41)57)60-32-38(16-6)22-19-13-3/h23-29,36-38,56-57H,11-22,30-32H2,1-10H3. The second-order valence-electron chi connectivity index (χ2n) is 16.8. The predicted molar refractivity (Wildman–Crippen MR) is 247 cm³/mol. The van der Waals surface area contributed by atoms with Crippen molar-refractivity contribution in [2.45, 2.75) is 146 Å². The van der Waals surface area contributed by atoms with E-state index in [1.54, 1.807) is 7.11 Å². The Hall–Kier alpha value is -4.79. The summed E-state index contributed by atoms with van der Waals surface area (Å²) in [5.74, 6) is 4.59. The van der Waals surface area contributed by atoms with E-state index in [0.717, 1.165) is 92.2 Å². The fourth-order valence-electron chi connectivity index (χ4n) is 8.26. The van der Waals surface area contributed by atoms with Gasteiger partial charge in [-0.1, -0.05) is 99.3 Å². The molecule has 60 heavy (non-hydrogen) atoms. The molecule has 0 radical (unpaired) electrons. The van der Waals surface area contributed by atoms with Gasteiger partial charge in [-0.25, -0.2) is 15.0 Å². The first-order valence-electron chi connectivity index (χ1n) is 22.9. The Balaban J connectivity index is 1.68. The van der Waals surface area contributed by atoms with Gasteiger partial charge in [0.05, 0.1) is 31.5 Å². The van der Waals surface area contributed by atoms with Gasteiger partial charge in [0, 0.05) is 39.8 Å². The van der Waals surface area contributed by atoms with E-state index in [0.29, 0.717) is 82.2 Å². The number of benzene rings is 3. The fourth-order valence-corrected chi connectivity index (χ4v) is 8.26. The minimum atomic E-state index is 0.0532. The molecular formula is C51H72N4O5. The molecule has 3 unspecified atom stereocenters. The zero-order valence-electron chi connectivity index (χ0n) is 38.3. The van der Waals surface area contributed by atoms with Crippen LogP contribution in [0.1, 0.15) is 135 Å². The summed E-state index contributed by atoms with van der Waals surface area (Å²) in [7, 11) is 1.68. The Morgan fingerprint density at radius 3 is 1.52 bits per heavy atom. The molecule has 0 spiro atoms. The number of phenolic OH excluding ortho intramolecular Hbond substituents is 2. The lowest BCUT2D eigenvalue weighted by Gasteiger charge is -2.19. The first-order valence-corrected chi connectivity index (χ1v) is 22.9. The van der Waals surface area contributed by atoms with Crippen LogP contribution in [0.5, 0.6) is 28.7 Å². The van der Waals surface area contributed by atoms with E-state index >= 15 is 0 Å². The van der Waals surface area contributed by atoms with Gasteiger partial charge in [0.15, 0.2) is 17.5 Å². The molecule has 0 aliphatic heterocycles. The van der Waals surface area contributed by atoms with Gasteiger partial charge in [0.1, 0.15) is 28.7 Å². The molecule has 2 aromatic heterocycles. The minimum Gasteiger partial charge on any atom is -0.507 e. The number of methoxy groups -OCH3 is 1. The van der Waals surface area contributed by atoms with Gasteiger partial charge < -0.3 is 29.0 Å². The van der Waals surface area contributed by atoms with Gasteiger partial charge in [-0.2, -0.15) is 0 Å². The van der Waals surface area contributed by atoms with Gasteiger partial charge in [-0.05, 0) is 100 Å². The molecule has 3 aromatic carbocycles. The third-order valence-electron chi connectivity index (χ3n) is 12.7. The Morgan fingerprint density at radius 1 is 0.600 bits per heavy atom. The molecule has 326 valence electrons. The highest BCUT2D eigenvalue weighted by Crippen LogP contribution is 2.42. The van der Waals surface area contributed by atoms with Crippen LogP contribution < -0.4 is 14.2 Å². The molecule has 0 bridgehead atoms. The third kappa shape index (κ3) is 10.7. The van der Waals surface area contributed by atoms with Crippen molar-refractivity contribution in [2.24, 2.45) is 17.8 Å². The van der Waals surface area contributed by atoms with Gasteiger partial charge in [0.25, 0.3) is 0 Å². The van der Waals surface area contributed by atoms with E-state index in [1.165, 1.54) is 19.3 Å². The number of nitrogens with zero attached hydrogens (tertiary/aromatic N) is 4. The summed E-state index contributed by atoms with van der Waals surface area (Å²) in [6.07, 6.45) is 13.5. The van der Waals surface area contributed by atoms with Crippen molar-refractivity contribution in [3.8, 4) is 62.9 Å². The molecule has 5 rings (SSSR count). The van der Waals surface area contributed by atoms with Crippen molar-refractivity contribution in [3.05, 3.63) is 59.3 Å². The molecule has 9 nitrogen and oxygen atoms in total. The number of unbranched alkanes of at least 4 members (excludes halogenated alkanes) is 3. The van der Waals surface area contributed by atoms with Crippen LogP contribution in [0, 0.1) is 38.5 Å². The molecule has 0 amide bonds. The van der Waals surface area contributed by atoms with E-state index in [4.69, 9.17) is 29.2 Å². The Kier molecular flexibility index (Phi) is 17.1. The van der Waals surface area contributed by atoms with Crippen LogP contribution >= 0.6 is 0 Å². The summed E-state index contributed by atoms with van der Waals surface area (Å²) >= 11 is 0. The number of ether oxygens (including phenoxy) is 3. The van der Waals surface area contributed by atoms with Crippen LogP contribution in [0.2, 0.25) is 0 Å². The number of rotatable bonds is 24. The quantitative estimate of drug-likeness (QED) is 0.0633. The van der Waals surface area contributed by atoms with E-state index in [2.05, 4.69) is 65.2 Å². The van der Waals surface area contributed by atoms with E-state index in [-0.39, 0.29) is 11.5 Å². The maximum atomic E-state index is 11.9. The molecule has 2 N–H and O–H groups in total. The average molecular weight is 821 g/mol. The summed E-state index contributed by atoms with van der Waals surface area (Å²) in [4.78, 5) is 15.3. The van der Waals surface area contributed by atoms with Crippen molar-refractivity contribution in [2.75, 3.05) is 20.3 Å². The number of aromatic nitrogens is 4. The summed E-state index contributed by atoms with van der Waals surface area (Å²) < 4.78 is 20.8. The lowest BCUT2D eigenvalue weighted by molar-refractivity contribution is 0.231. The number of fused-ring (bicyclic) bond motifs is 1. The topological polar surface area (TPSA) is 112 Å². The Bertz CT molecular complexity index is 2070. The molecule has 0 aliphatic rings. The smallest absolute Gasteiger partial charge is 0.167 e. The number of hydrogen-bond donors (Lipinski definition) is 2. The molecule has 2 heterocycles. The van der Waals surface area contributed by atoms with Crippen LogP contribution in [0.4, 0.5) is 0 Å². The third-order valence-corrected chi connectivity index (χ3v) is 12.7. The predicted octanol–water partition coefficient (Wildman–Crippen LogP) is 13.6. The zero-order valence-corrected chi connectivity index (χ0v) is 38.3. The Labute approximate surface area is 360 Å². The largest absolute Gasteiger partial charge is 0.507 e. The highest BCUT2D eigenvalue weighted by molar-refractivity contribution is 5.97. The Morgan fingerprint density at radius 2 is 1.07 bits per heavy atom. The maximum Gasteiger partial charge on any atom is 0.167 e. The molecular weight excluding hydrogens is 749 g/mol. The molecule has 3 atom stereocenters. The first kappa shape index (κ1) is 46.3. The van der Waals surface area contributed by atoms with Crippen molar-refractivity contribution in [1.82, 2.24) is 19.5 Å². The zero-order chi connectivity index (χ0) is 43.3. The van der Waals surface area contributed by atoms with Gasteiger partial charge in [0.2, 0.25) is 0 Å². The van der Waals surface area contributed by atoms with Gasteiger partial charge in [-0.3, -0.25) is 0 Å². The summed E-state index contributed by atoms with van der Waals surface area (Å²) in [6, 6.07) is 13.7. The highest BCUT2D eigenvalue weighted by Gasteiger charge is 2.25.